The number of halogens is 3. The third-order valence-electron chi connectivity index (χ3n) is 1.65. The summed E-state index contributed by atoms with van der Waals surface area (Å²) >= 11 is 0. The van der Waals surface area contributed by atoms with Gasteiger partial charge in [-0.2, -0.15) is 13.2 Å². The van der Waals surface area contributed by atoms with Crippen molar-refractivity contribution in [2.45, 2.75) is 26.1 Å². The highest BCUT2D eigenvalue weighted by atomic mass is 19.4. The summed E-state index contributed by atoms with van der Waals surface area (Å²) < 4.78 is 40.9. The molecule has 1 atom stereocenters. The van der Waals surface area contributed by atoms with E-state index in [9.17, 15) is 13.2 Å². The van der Waals surface area contributed by atoms with Crippen LogP contribution in [-0.4, -0.2) is 17.3 Å². The lowest BCUT2D eigenvalue weighted by Crippen LogP contribution is -2.31. The Morgan fingerprint density at radius 3 is 2.57 bits per heavy atom. The van der Waals surface area contributed by atoms with Gasteiger partial charge in [0.1, 0.15) is 0 Å². The van der Waals surface area contributed by atoms with Gasteiger partial charge in [0.05, 0.1) is 0 Å². The van der Waals surface area contributed by atoms with E-state index in [-0.39, 0.29) is 5.88 Å². The molecule has 0 aliphatic carbocycles. The molecule has 0 radical (unpaired) electrons. The lowest BCUT2D eigenvalue weighted by molar-refractivity contribution is -0.189. The maximum absolute atomic E-state index is 12.1. The van der Waals surface area contributed by atoms with Crippen LogP contribution >= 0.6 is 0 Å². The summed E-state index contributed by atoms with van der Waals surface area (Å²) in [6.07, 6.45) is -4.78. The largest absolute Gasteiger partial charge is 0.465 e. The average molecular weight is 205 g/mol. The van der Waals surface area contributed by atoms with Crippen LogP contribution in [0.1, 0.15) is 12.5 Å². The normalized spacial score (nSPS) is 13.8. The molecule has 0 N–H and O–H groups in total. The van der Waals surface area contributed by atoms with E-state index in [0.29, 0.717) is 0 Å². The van der Waals surface area contributed by atoms with E-state index in [1.165, 1.54) is 12.3 Å². The number of rotatable bonds is 2. The third-order valence-corrected chi connectivity index (χ3v) is 1.65. The number of pyridine rings is 1. The van der Waals surface area contributed by atoms with Crippen molar-refractivity contribution >= 4 is 0 Å². The van der Waals surface area contributed by atoms with Crippen LogP contribution in [0.4, 0.5) is 13.2 Å². The van der Waals surface area contributed by atoms with Crippen molar-refractivity contribution in [3.8, 4) is 5.88 Å². The number of aromatic nitrogens is 1. The summed E-state index contributed by atoms with van der Waals surface area (Å²) in [5.41, 5.74) is 0.810. The van der Waals surface area contributed by atoms with Gasteiger partial charge in [0.15, 0.2) is 6.10 Å². The minimum Gasteiger partial charge on any atom is -0.465 e. The minimum absolute atomic E-state index is 0.00479. The van der Waals surface area contributed by atoms with Crippen molar-refractivity contribution in [3.63, 3.8) is 0 Å². The average Bonchev–Trinajstić information content (AvgIpc) is 2.02. The van der Waals surface area contributed by atoms with Gasteiger partial charge in [-0.05, 0) is 25.5 Å². The molecule has 0 aliphatic heterocycles. The van der Waals surface area contributed by atoms with Gasteiger partial charge in [0, 0.05) is 12.3 Å². The highest BCUT2D eigenvalue weighted by Gasteiger charge is 2.38. The Balaban J connectivity index is 2.70. The number of hydrogen-bond donors (Lipinski definition) is 0. The molecule has 0 bridgehead atoms. The molecule has 0 saturated carbocycles. The first-order valence-corrected chi connectivity index (χ1v) is 4.05. The highest BCUT2D eigenvalue weighted by molar-refractivity contribution is 5.18. The predicted octanol–water partition coefficient (Wildman–Crippen LogP) is 2.72. The maximum Gasteiger partial charge on any atom is 0.425 e. The third kappa shape index (κ3) is 2.90. The van der Waals surface area contributed by atoms with Gasteiger partial charge >= 0.3 is 6.18 Å². The summed E-state index contributed by atoms with van der Waals surface area (Å²) in [7, 11) is 0. The van der Waals surface area contributed by atoms with Crippen LogP contribution in [0.2, 0.25) is 0 Å². The molecule has 1 rings (SSSR count). The fourth-order valence-corrected chi connectivity index (χ4v) is 0.821. The second-order valence-corrected chi connectivity index (χ2v) is 2.97. The summed E-state index contributed by atoms with van der Waals surface area (Å²) in [4.78, 5) is 3.67. The molecule has 1 aromatic heterocycles. The molecule has 0 fully saturated rings. The van der Waals surface area contributed by atoms with Gasteiger partial charge in [0.2, 0.25) is 5.88 Å². The van der Waals surface area contributed by atoms with Gasteiger partial charge in [0.25, 0.3) is 0 Å². The van der Waals surface area contributed by atoms with E-state index in [4.69, 9.17) is 0 Å². The molecule has 5 heteroatoms. The van der Waals surface area contributed by atoms with Gasteiger partial charge in [-0.15, -0.1) is 0 Å². The van der Waals surface area contributed by atoms with Crippen molar-refractivity contribution in [1.82, 2.24) is 4.98 Å². The molecule has 14 heavy (non-hydrogen) atoms. The molecule has 1 unspecified atom stereocenters. The number of aryl methyl sites for hydroxylation is 1. The van der Waals surface area contributed by atoms with Crippen molar-refractivity contribution < 1.29 is 17.9 Å². The van der Waals surface area contributed by atoms with Crippen LogP contribution in [0.25, 0.3) is 0 Å². The molecule has 0 aliphatic rings. The van der Waals surface area contributed by atoms with Gasteiger partial charge in [-0.25, -0.2) is 4.98 Å². The topological polar surface area (TPSA) is 22.1 Å². The van der Waals surface area contributed by atoms with Crippen molar-refractivity contribution in [1.29, 1.82) is 0 Å². The second kappa shape index (κ2) is 3.86. The summed E-state index contributed by atoms with van der Waals surface area (Å²) in [5.74, 6) is -0.00479. The van der Waals surface area contributed by atoms with Crippen LogP contribution < -0.4 is 4.74 Å². The molecule has 78 valence electrons. The Morgan fingerprint density at radius 1 is 1.43 bits per heavy atom. The van der Waals surface area contributed by atoms with Gasteiger partial charge in [-0.1, -0.05) is 0 Å². The Labute approximate surface area is 79.7 Å². The molecule has 0 saturated heterocycles. The molecule has 0 amide bonds. The Kier molecular flexibility index (Phi) is 2.98. The first-order valence-electron chi connectivity index (χ1n) is 4.05. The molecular weight excluding hydrogens is 195 g/mol. The van der Waals surface area contributed by atoms with Gasteiger partial charge < -0.3 is 4.74 Å². The Hall–Kier alpha value is -1.26. The lowest BCUT2D eigenvalue weighted by Gasteiger charge is -2.16. The first kappa shape index (κ1) is 10.8. The van der Waals surface area contributed by atoms with E-state index in [0.717, 1.165) is 12.5 Å². The maximum atomic E-state index is 12.1. The SMILES string of the molecule is Cc1ccnc(OC(C)C(F)(F)F)c1. The molecule has 1 heterocycles. The molecule has 2 nitrogen and oxygen atoms in total. The van der Waals surface area contributed by atoms with Crippen LogP contribution in [-0.2, 0) is 0 Å². The van der Waals surface area contributed by atoms with Crippen molar-refractivity contribution in [2.24, 2.45) is 0 Å². The fourth-order valence-electron chi connectivity index (χ4n) is 0.821. The summed E-state index contributed by atoms with van der Waals surface area (Å²) in [6.45, 7) is 2.71. The van der Waals surface area contributed by atoms with E-state index >= 15 is 0 Å². The van der Waals surface area contributed by atoms with E-state index in [1.807, 2.05) is 0 Å². The van der Waals surface area contributed by atoms with Crippen molar-refractivity contribution in [3.05, 3.63) is 23.9 Å². The van der Waals surface area contributed by atoms with E-state index < -0.39 is 12.3 Å². The monoisotopic (exact) mass is 205 g/mol. The van der Waals surface area contributed by atoms with Crippen LogP contribution in [0.3, 0.4) is 0 Å². The Bertz CT molecular complexity index is 311. The van der Waals surface area contributed by atoms with Crippen molar-refractivity contribution in [2.75, 3.05) is 0 Å². The zero-order chi connectivity index (χ0) is 10.8. The molecule has 0 spiro atoms. The minimum atomic E-state index is -4.36. The zero-order valence-corrected chi connectivity index (χ0v) is 7.80. The smallest absolute Gasteiger partial charge is 0.425 e. The van der Waals surface area contributed by atoms with Crippen LogP contribution in [0.5, 0.6) is 5.88 Å². The molecule has 0 aromatic carbocycles. The quantitative estimate of drug-likeness (QED) is 0.740. The Morgan fingerprint density at radius 2 is 2.07 bits per heavy atom. The predicted molar refractivity (Wildman–Crippen MR) is 45.1 cm³/mol. The van der Waals surface area contributed by atoms with Crippen LogP contribution in [0.15, 0.2) is 18.3 Å². The number of nitrogens with zero attached hydrogens (tertiary/aromatic N) is 1. The summed E-state index contributed by atoms with van der Waals surface area (Å²) in [5, 5.41) is 0. The van der Waals surface area contributed by atoms with Crippen LogP contribution in [0, 0.1) is 6.92 Å². The fraction of sp³-hybridized carbons (Fsp3) is 0.444. The molecular formula is C9H10F3NO. The lowest BCUT2D eigenvalue weighted by atomic mass is 10.3. The van der Waals surface area contributed by atoms with E-state index in [1.54, 1.807) is 13.0 Å². The van der Waals surface area contributed by atoms with E-state index in [2.05, 4.69) is 9.72 Å². The van der Waals surface area contributed by atoms with Gasteiger partial charge in [-0.3, -0.25) is 0 Å². The second-order valence-electron chi connectivity index (χ2n) is 2.97. The number of ether oxygens (including phenoxy) is 1. The first-order chi connectivity index (χ1) is 6.39. The summed E-state index contributed by atoms with van der Waals surface area (Å²) in [6, 6.07) is 3.15. The highest BCUT2D eigenvalue weighted by Crippen LogP contribution is 2.23. The zero-order valence-electron chi connectivity index (χ0n) is 7.80. The number of hydrogen-bond acceptors (Lipinski definition) is 2. The standard InChI is InChI=1S/C9H10F3NO/c1-6-3-4-13-8(5-6)14-7(2)9(10,11)12/h3-5,7H,1-2H3. The number of alkyl halides is 3. The molecule has 1 aromatic rings.